The minimum atomic E-state index is -0.460. The van der Waals surface area contributed by atoms with Crippen LogP contribution in [-0.4, -0.2) is 27.9 Å². The Hall–Kier alpha value is -2.37. The molecule has 6 heteroatoms. The van der Waals surface area contributed by atoms with Gasteiger partial charge in [-0.1, -0.05) is 0 Å². The number of esters is 1. The third kappa shape index (κ3) is 2.58. The monoisotopic (exact) mass is 315 g/mol. The van der Waals surface area contributed by atoms with Crippen molar-refractivity contribution in [3.8, 4) is 0 Å². The highest BCUT2D eigenvalue weighted by Gasteiger charge is 2.40. The minimum absolute atomic E-state index is 0.0843. The second kappa shape index (κ2) is 6.02. The number of imidazole rings is 1. The predicted molar refractivity (Wildman–Crippen MR) is 84.3 cm³/mol. The van der Waals surface area contributed by atoms with Gasteiger partial charge in [0.2, 0.25) is 0 Å². The summed E-state index contributed by atoms with van der Waals surface area (Å²) in [6.07, 6.45) is 5.66. The number of ketones is 1. The smallest absolute Gasteiger partial charge is 0.336 e. The Morgan fingerprint density at radius 2 is 2.26 bits per heavy atom. The van der Waals surface area contributed by atoms with E-state index in [1.165, 1.54) is 0 Å². The van der Waals surface area contributed by atoms with Crippen LogP contribution >= 0.6 is 0 Å². The van der Waals surface area contributed by atoms with Crippen LogP contribution in [0.3, 0.4) is 0 Å². The Morgan fingerprint density at radius 3 is 2.91 bits per heavy atom. The third-order valence-corrected chi connectivity index (χ3v) is 4.39. The van der Waals surface area contributed by atoms with Crippen LogP contribution in [0, 0.1) is 0 Å². The maximum absolute atomic E-state index is 12.6. The summed E-state index contributed by atoms with van der Waals surface area (Å²) in [5.74, 6) is -0.0776. The first kappa shape index (κ1) is 15.5. The fourth-order valence-corrected chi connectivity index (χ4v) is 3.38. The van der Waals surface area contributed by atoms with Gasteiger partial charge >= 0.3 is 5.97 Å². The highest BCUT2D eigenvalue weighted by Crippen LogP contribution is 2.41. The Bertz CT molecular complexity index is 727. The van der Waals surface area contributed by atoms with Crippen LogP contribution in [0.1, 0.15) is 44.9 Å². The summed E-state index contributed by atoms with van der Waals surface area (Å²) in [6, 6.07) is 0. The van der Waals surface area contributed by atoms with Gasteiger partial charge in [-0.05, 0) is 26.7 Å². The molecular formula is C17H21N3O3. The number of allylic oxidation sites excluding steroid dienone is 3. The van der Waals surface area contributed by atoms with Crippen LogP contribution < -0.4 is 5.32 Å². The summed E-state index contributed by atoms with van der Waals surface area (Å²) in [5.41, 5.74) is 2.80. The van der Waals surface area contributed by atoms with Crippen molar-refractivity contribution in [2.75, 3.05) is 6.61 Å². The molecule has 1 aliphatic heterocycles. The lowest BCUT2D eigenvalue weighted by molar-refractivity contribution is -0.138. The number of aryl methyl sites for hydroxylation is 1. The zero-order chi connectivity index (χ0) is 16.6. The minimum Gasteiger partial charge on any atom is -0.463 e. The number of Topliss-reactive ketones (excluding diaryl/α,β-unsaturated/α-hetero) is 1. The molecule has 1 aromatic rings. The first-order chi connectivity index (χ1) is 11.0. The van der Waals surface area contributed by atoms with E-state index in [0.29, 0.717) is 30.0 Å². The van der Waals surface area contributed by atoms with Gasteiger partial charge in [0, 0.05) is 42.8 Å². The topological polar surface area (TPSA) is 73.2 Å². The molecular weight excluding hydrogens is 294 g/mol. The zero-order valence-corrected chi connectivity index (χ0v) is 13.7. The van der Waals surface area contributed by atoms with E-state index in [0.717, 1.165) is 24.2 Å². The van der Waals surface area contributed by atoms with Gasteiger partial charge in [0.15, 0.2) is 5.78 Å². The zero-order valence-electron chi connectivity index (χ0n) is 13.7. The normalized spacial score (nSPS) is 21.2. The van der Waals surface area contributed by atoms with E-state index in [1.807, 2.05) is 24.7 Å². The Labute approximate surface area is 135 Å². The number of aromatic nitrogens is 2. The van der Waals surface area contributed by atoms with Crippen LogP contribution in [0.25, 0.3) is 0 Å². The number of ether oxygens (including phenoxy) is 1. The van der Waals surface area contributed by atoms with Gasteiger partial charge < -0.3 is 14.6 Å². The number of nitrogens with one attached hydrogen (secondary N) is 1. The van der Waals surface area contributed by atoms with E-state index in [1.54, 1.807) is 13.1 Å². The van der Waals surface area contributed by atoms with E-state index in [4.69, 9.17) is 4.74 Å². The average molecular weight is 315 g/mol. The van der Waals surface area contributed by atoms with Crippen molar-refractivity contribution in [3.63, 3.8) is 0 Å². The van der Waals surface area contributed by atoms with Gasteiger partial charge in [-0.2, -0.15) is 0 Å². The SMILES string of the molecule is CCOC(=O)C1=C(C)NC2=C(C(=O)CCC2)C1c1nccn1C. The van der Waals surface area contributed by atoms with Crippen molar-refractivity contribution in [2.45, 2.75) is 39.0 Å². The molecule has 2 aliphatic rings. The van der Waals surface area contributed by atoms with E-state index in [9.17, 15) is 9.59 Å². The summed E-state index contributed by atoms with van der Waals surface area (Å²) < 4.78 is 7.08. The lowest BCUT2D eigenvalue weighted by Crippen LogP contribution is -2.35. The van der Waals surface area contributed by atoms with Crippen molar-refractivity contribution in [3.05, 3.63) is 40.8 Å². The molecule has 6 nitrogen and oxygen atoms in total. The molecule has 0 spiro atoms. The van der Waals surface area contributed by atoms with Crippen LogP contribution in [0.2, 0.25) is 0 Å². The van der Waals surface area contributed by atoms with E-state index in [2.05, 4.69) is 10.3 Å². The molecule has 0 bridgehead atoms. The van der Waals surface area contributed by atoms with E-state index in [-0.39, 0.29) is 5.78 Å². The number of nitrogens with zero attached hydrogens (tertiary/aromatic N) is 2. The second-order valence-electron chi connectivity index (χ2n) is 5.88. The maximum atomic E-state index is 12.6. The molecule has 1 aliphatic carbocycles. The van der Waals surface area contributed by atoms with Crippen LogP contribution in [-0.2, 0) is 21.4 Å². The quantitative estimate of drug-likeness (QED) is 0.863. The maximum Gasteiger partial charge on any atom is 0.336 e. The lowest BCUT2D eigenvalue weighted by atomic mass is 9.78. The van der Waals surface area contributed by atoms with E-state index < -0.39 is 11.9 Å². The van der Waals surface area contributed by atoms with Crippen molar-refractivity contribution in [1.29, 1.82) is 0 Å². The fraction of sp³-hybridized carbons (Fsp3) is 0.471. The number of hydrogen-bond donors (Lipinski definition) is 1. The average Bonchev–Trinajstić information content (AvgIpc) is 2.92. The molecule has 1 atom stereocenters. The molecule has 0 radical (unpaired) electrons. The first-order valence-electron chi connectivity index (χ1n) is 7.93. The molecule has 23 heavy (non-hydrogen) atoms. The van der Waals surface area contributed by atoms with Crippen molar-refractivity contribution in [2.24, 2.45) is 7.05 Å². The summed E-state index contributed by atoms with van der Waals surface area (Å²) in [7, 11) is 1.87. The molecule has 0 saturated heterocycles. The summed E-state index contributed by atoms with van der Waals surface area (Å²) in [6.45, 7) is 3.92. The van der Waals surface area contributed by atoms with Gasteiger partial charge in [-0.15, -0.1) is 0 Å². The molecule has 2 heterocycles. The lowest BCUT2D eigenvalue weighted by Gasteiger charge is -2.33. The van der Waals surface area contributed by atoms with Gasteiger partial charge in [-0.3, -0.25) is 4.79 Å². The van der Waals surface area contributed by atoms with Crippen molar-refractivity contribution >= 4 is 11.8 Å². The van der Waals surface area contributed by atoms with Gasteiger partial charge in [-0.25, -0.2) is 9.78 Å². The second-order valence-corrected chi connectivity index (χ2v) is 5.88. The number of hydrogen-bond acceptors (Lipinski definition) is 5. The molecule has 1 unspecified atom stereocenters. The summed E-state index contributed by atoms with van der Waals surface area (Å²) in [5, 5.41) is 3.25. The standard InChI is InChI=1S/C17H21N3O3/c1-4-23-17(22)13-10(2)19-11-6-5-7-12(21)14(11)15(13)16-18-8-9-20(16)3/h8-9,15,19H,4-7H2,1-3H3. The molecule has 0 saturated carbocycles. The first-order valence-corrected chi connectivity index (χ1v) is 7.93. The predicted octanol–water partition coefficient (Wildman–Crippen LogP) is 1.95. The Balaban J connectivity index is 2.17. The van der Waals surface area contributed by atoms with Gasteiger partial charge in [0.05, 0.1) is 18.1 Å². The number of carbonyl (C=O) groups is 2. The van der Waals surface area contributed by atoms with Crippen molar-refractivity contribution < 1.29 is 14.3 Å². The highest BCUT2D eigenvalue weighted by molar-refractivity contribution is 6.03. The molecule has 0 amide bonds. The number of dihydropyridines is 1. The van der Waals surface area contributed by atoms with Crippen LogP contribution in [0.5, 0.6) is 0 Å². The Morgan fingerprint density at radius 1 is 1.48 bits per heavy atom. The molecule has 1 aromatic heterocycles. The summed E-state index contributed by atoms with van der Waals surface area (Å²) >= 11 is 0. The third-order valence-electron chi connectivity index (χ3n) is 4.39. The molecule has 1 N–H and O–H groups in total. The molecule has 0 fully saturated rings. The molecule has 122 valence electrons. The highest BCUT2D eigenvalue weighted by atomic mass is 16.5. The van der Waals surface area contributed by atoms with Gasteiger partial charge in [0.25, 0.3) is 0 Å². The van der Waals surface area contributed by atoms with Gasteiger partial charge in [0.1, 0.15) is 5.82 Å². The number of carbonyl (C=O) groups excluding carboxylic acids is 2. The Kier molecular flexibility index (Phi) is 4.07. The molecule has 0 aromatic carbocycles. The van der Waals surface area contributed by atoms with Crippen LogP contribution in [0.4, 0.5) is 0 Å². The van der Waals surface area contributed by atoms with Crippen molar-refractivity contribution in [1.82, 2.24) is 14.9 Å². The molecule has 3 rings (SSSR count). The van der Waals surface area contributed by atoms with Crippen LogP contribution in [0.15, 0.2) is 34.9 Å². The largest absolute Gasteiger partial charge is 0.463 e. The number of rotatable bonds is 3. The summed E-state index contributed by atoms with van der Waals surface area (Å²) in [4.78, 5) is 29.5. The fourth-order valence-electron chi connectivity index (χ4n) is 3.38. The van der Waals surface area contributed by atoms with E-state index >= 15 is 0 Å².